The quantitative estimate of drug-likeness (QED) is 0.608. The van der Waals surface area contributed by atoms with Crippen LogP contribution in [0.5, 0.6) is 0 Å². The van der Waals surface area contributed by atoms with E-state index in [-0.39, 0.29) is 12.5 Å². The monoisotopic (exact) mass is 398 g/mol. The van der Waals surface area contributed by atoms with Gasteiger partial charge >= 0.3 is 5.97 Å². The van der Waals surface area contributed by atoms with Gasteiger partial charge in [0.25, 0.3) is 0 Å². The number of oxazole rings is 1. The van der Waals surface area contributed by atoms with E-state index in [0.29, 0.717) is 21.5 Å². The van der Waals surface area contributed by atoms with Crippen LogP contribution in [-0.2, 0) is 16.1 Å². The van der Waals surface area contributed by atoms with Crippen LogP contribution in [0.3, 0.4) is 0 Å². The number of aryl methyl sites for hydroxylation is 1. The van der Waals surface area contributed by atoms with Crippen LogP contribution in [0.4, 0.5) is 5.00 Å². The van der Waals surface area contributed by atoms with Gasteiger partial charge in [-0.1, -0.05) is 39.0 Å². The number of nitrogens with one attached hydrogen (secondary N) is 1. The molecule has 0 radical (unpaired) electrons. The second kappa shape index (κ2) is 7.98. The van der Waals surface area contributed by atoms with E-state index in [1.807, 2.05) is 58.0 Å². The predicted molar refractivity (Wildman–Crippen MR) is 108 cm³/mol. The zero-order valence-electron chi connectivity index (χ0n) is 16.2. The van der Waals surface area contributed by atoms with Gasteiger partial charge in [-0.3, -0.25) is 4.79 Å². The zero-order valence-corrected chi connectivity index (χ0v) is 17.1. The van der Waals surface area contributed by atoms with Crippen LogP contribution in [0.15, 0.2) is 47.1 Å². The van der Waals surface area contributed by atoms with Crippen LogP contribution in [0.1, 0.15) is 41.7 Å². The Balaban J connectivity index is 1.63. The van der Waals surface area contributed by atoms with Crippen molar-refractivity contribution < 1.29 is 18.7 Å². The summed E-state index contributed by atoms with van der Waals surface area (Å²) in [5.41, 5.74) is 1.63. The number of hydrogen-bond acceptors (Lipinski definition) is 6. The summed E-state index contributed by atoms with van der Waals surface area (Å²) in [4.78, 5) is 29.3. The Morgan fingerprint density at radius 2 is 1.93 bits per heavy atom. The lowest BCUT2D eigenvalue weighted by molar-refractivity contribution is -0.123. The number of anilines is 1. The zero-order chi connectivity index (χ0) is 20.3. The first-order valence-corrected chi connectivity index (χ1v) is 9.64. The number of ether oxygens (including phenoxy) is 1. The van der Waals surface area contributed by atoms with E-state index >= 15 is 0 Å². The number of thiophene rings is 1. The second-order valence-electron chi connectivity index (χ2n) is 7.41. The lowest BCUT2D eigenvalue weighted by atomic mass is 9.96. The summed E-state index contributed by atoms with van der Waals surface area (Å²) in [5, 5.41) is 3.46. The summed E-state index contributed by atoms with van der Waals surface area (Å²) in [7, 11) is 0. The summed E-state index contributed by atoms with van der Waals surface area (Å²) < 4.78 is 10.8. The van der Waals surface area contributed by atoms with E-state index in [2.05, 4.69) is 10.3 Å². The van der Waals surface area contributed by atoms with E-state index in [9.17, 15) is 9.59 Å². The molecule has 3 rings (SSSR count). The van der Waals surface area contributed by atoms with Crippen LogP contribution in [0.25, 0.3) is 11.5 Å². The molecule has 0 saturated carbocycles. The topological polar surface area (TPSA) is 81.4 Å². The van der Waals surface area contributed by atoms with Crippen molar-refractivity contribution >= 4 is 28.2 Å². The summed E-state index contributed by atoms with van der Waals surface area (Å²) in [6.45, 7) is 7.32. The van der Waals surface area contributed by atoms with Gasteiger partial charge in [0.15, 0.2) is 0 Å². The van der Waals surface area contributed by atoms with Crippen molar-refractivity contribution in [3.63, 3.8) is 0 Å². The van der Waals surface area contributed by atoms with Gasteiger partial charge in [0.2, 0.25) is 11.8 Å². The molecule has 6 nitrogen and oxygen atoms in total. The Morgan fingerprint density at radius 3 is 2.61 bits per heavy atom. The maximum atomic E-state index is 12.4. The lowest BCUT2D eigenvalue weighted by Crippen LogP contribution is -2.27. The molecule has 7 heteroatoms. The van der Waals surface area contributed by atoms with Gasteiger partial charge in [-0.2, -0.15) is 0 Å². The van der Waals surface area contributed by atoms with Gasteiger partial charge < -0.3 is 14.5 Å². The Morgan fingerprint density at radius 1 is 1.21 bits per heavy atom. The van der Waals surface area contributed by atoms with Crippen molar-refractivity contribution in [2.75, 3.05) is 5.32 Å². The molecule has 2 aromatic heterocycles. The van der Waals surface area contributed by atoms with Gasteiger partial charge in [0, 0.05) is 11.0 Å². The maximum Gasteiger partial charge on any atom is 0.349 e. The van der Waals surface area contributed by atoms with E-state index in [1.54, 1.807) is 6.07 Å². The second-order valence-corrected chi connectivity index (χ2v) is 8.47. The average Bonchev–Trinajstić information content (AvgIpc) is 3.26. The van der Waals surface area contributed by atoms with Crippen molar-refractivity contribution in [1.82, 2.24) is 4.98 Å². The molecule has 0 saturated heterocycles. The minimum atomic E-state index is -0.512. The smallest absolute Gasteiger partial charge is 0.349 e. The fourth-order valence-corrected chi connectivity index (χ4v) is 3.30. The Hall–Kier alpha value is -2.93. The Kier molecular flexibility index (Phi) is 5.65. The normalized spacial score (nSPS) is 11.3. The molecule has 1 amide bonds. The molecule has 146 valence electrons. The summed E-state index contributed by atoms with van der Waals surface area (Å²) in [6.07, 6.45) is 1.48. The summed E-state index contributed by atoms with van der Waals surface area (Å²) in [5.74, 6) is -0.0844. The van der Waals surface area contributed by atoms with E-state index in [1.165, 1.54) is 17.6 Å². The number of hydrogen-bond donors (Lipinski definition) is 1. The molecule has 1 N–H and O–H groups in total. The van der Waals surface area contributed by atoms with Gasteiger partial charge in [0.1, 0.15) is 23.4 Å². The standard InChI is InChI=1S/C21H22N2O4S/c1-13-10-16(23-20(25)21(2,3)4)28-17(13)19(24)27-12-15-11-26-18(22-15)14-8-6-5-7-9-14/h5-11H,12H2,1-4H3,(H,23,25). The van der Waals surface area contributed by atoms with Crippen LogP contribution in [0, 0.1) is 12.3 Å². The Labute approximate surface area is 167 Å². The molecule has 0 aliphatic heterocycles. The first kappa shape index (κ1) is 19.8. The van der Waals surface area contributed by atoms with Crippen LogP contribution >= 0.6 is 11.3 Å². The van der Waals surface area contributed by atoms with E-state index in [4.69, 9.17) is 9.15 Å². The minimum absolute atomic E-state index is 0.0101. The molecular formula is C21H22N2O4S. The van der Waals surface area contributed by atoms with E-state index < -0.39 is 11.4 Å². The highest BCUT2D eigenvalue weighted by atomic mass is 32.1. The molecule has 0 aliphatic rings. The third-order valence-electron chi connectivity index (χ3n) is 3.94. The molecule has 0 unspecified atom stereocenters. The fourth-order valence-electron chi connectivity index (χ4n) is 2.34. The third-order valence-corrected chi connectivity index (χ3v) is 5.08. The maximum absolute atomic E-state index is 12.4. The molecule has 1 aromatic carbocycles. The number of amides is 1. The van der Waals surface area contributed by atoms with Gasteiger partial charge in [-0.25, -0.2) is 9.78 Å². The Bertz CT molecular complexity index is 984. The number of rotatable bonds is 5. The molecule has 0 spiro atoms. The SMILES string of the molecule is Cc1cc(NC(=O)C(C)(C)C)sc1C(=O)OCc1coc(-c2ccccc2)n1. The largest absolute Gasteiger partial charge is 0.455 e. The third kappa shape index (κ3) is 4.67. The van der Waals surface area contributed by atoms with Crippen molar-refractivity contribution in [2.45, 2.75) is 34.3 Å². The van der Waals surface area contributed by atoms with Crippen molar-refractivity contribution in [3.05, 3.63) is 58.8 Å². The first-order valence-electron chi connectivity index (χ1n) is 8.83. The molecule has 3 aromatic rings. The molecule has 0 atom stereocenters. The van der Waals surface area contributed by atoms with Crippen LogP contribution in [0.2, 0.25) is 0 Å². The van der Waals surface area contributed by atoms with E-state index in [0.717, 1.165) is 11.1 Å². The van der Waals surface area contributed by atoms with Crippen molar-refractivity contribution in [2.24, 2.45) is 5.41 Å². The molecular weight excluding hydrogens is 376 g/mol. The van der Waals surface area contributed by atoms with Gasteiger partial charge in [-0.05, 0) is 30.7 Å². The molecule has 28 heavy (non-hydrogen) atoms. The number of esters is 1. The number of nitrogens with zero attached hydrogens (tertiary/aromatic N) is 1. The van der Waals surface area contributed by atoms with Crippen molar-refractivity contribution in [3.8, 4) is 11.5 Å². The number of carbonyl (C=O) groups excluding carboxylic acids is 2. The first-order chi connectivity index (χ1) is 13.2. The highest BCUT2D eigenvalue weighted by Crippen LogP contribution is 2.29. The minimum Gasteiger partial charge on any atom is -0.455 e. The summed E-state index contributed by atoms with van der Waals surface area (Å²) >= 11 is 1.20. The molecule has 0 fully saturated rings. The van der Waals surface area contributed by atoms with Gasteiger partial charge in [0.05, 0.1) is 5.00 Å². The molecule has 0 aliphatic carbocycles. The fraction of sp³-hybridized carbons (Fsp3) is 0.286. The highest BCUT2D eigenvalue weighted by Gasteiger charge is 2.23. The van der Waals surface area contributed by atoms with Crippen molar-refractivity contribution in [1.29, 1.82) is 0 Å². The lowest BCUT2D eigenvalue weighted by Gasteiger charge is -2.16. The predicted octanol–water partition coefficient (Wildman–Crippen LogP) is 5.05. The van der Waals surface area contributed by atoms with Crippen LogP contribution in [-0.4, -0.2) is 16.9 Å². The number of aromatic nitrogens is 1. The highest BCUT2D eigenvalue weighted by molar-refractivity contribution is 7.18. The van der Waals surface area contributed by atoms with Crippen LogP contribution < -0.4 is 5.32 Å². The molecule has 2 heterocycles. The summed E-state index contributed by atoms with van der Waals surface area (Å²) in [6, 6.07) is 11.3. The number of carbonyl (C=O) groups is 2. The average molecular weight is 398 g/mol. The van der Waals surface area contributed by atoms with Gasteiger partial charge in [-0.15, -0.1) is 11.3 Å². The number of benzene rings is 1. The molecule has 0 bridgehead atoms.